The molecule has 100 valence electrons. The molecule has 3 nitrogen and oxygen atoms in total. The number of nitrogens with zero attached hydrogens (tertiary/aromatic N) is 1. The molecule has 1 aromatic carbocycles. The van der Waals surface area contributed by atoms with Gasteiger partial charge in [0.1, 0.15) is 5.15 Å². The number of hydrogen-bond acceptors (Lipinski definition) is 3. The average Bonchev–Trinajstić information content (AvgIpc) is 2.35. The highest BCUT2D eigenvalue weighted by atomic mass is 35.5. The summed E-state index contributed by atoms with van der Waals surface area (Å²) in [5, 5.41) is -0.157. The van der Waals surface area contributed by atoms with E-state index in [2.05, 4.69) is 9.72 Å². The van der Waals surface area contributed by atoms with E-state index in [0.29, 0.717) is 0 Å². The van der Waals surface area contributed by atoms with Crippen molar-refractivity contribution in [2.24, 2.45) is 0 Å². The van der Waals surface area contributed by atoms with Gasteiger partial charge >= 0.3 is 12.1 Å². The van der Waals surface area contributed by atoms with E-state index in [1.807, 2.05) is 0 Å². The summed E-state index contributed by atoms with van der Waals surface area (Å²) >= 11 is 5.72. The molecule has 2 rings (SSSR count). The summed E-state index contributed by atoms with van der Waals surface area (Å²) in [6.07, 6.45) is -4.54. The van der Waals surface area contributed by atoms with Crippen molar-refractivity contribution in [3.05, 3.63) is 40.5 Å². The fraction of sp³-hybridized carbons (Fsp3) is 0.167. The molecule has 0 atom stereocenters. The number of benzene rings is 1. The summed E-state index contributed by atoms with van der Waals surface area (Å²) in [7, 11) is 1.15. The van der Waals surface area contributed by atoms with Crippen molar-refractivity contribution in [1.82, 2.24) is 4.98 Å². The molecule has 7 heteroatoms. The Morgan fingerprint density at radius 2 is 2.05 bits per heavy atom. The second kappa shape index (κ2) is 4.70. The molecule has 0 aliphatic rings. The van der Waals surface area contributed by atoms with Gasteiger partial charge in [0.25, 0.3) is 0 Å². The van der Waals surface area contributed by atoms with Gasteiger partial charge in [-0.15, -0.1) is 0 Å². The van der Waals surface area contributed by atoms with Gasteiger partial charge in [-0.05, 0) is 12.1 Å². The molecule has 0 aliphatic heterocycles. The maximum atomic E-state index is 12.8. The summed E-state index contributed by atoms with van der Waals surface area (Å²) in [4.78, 5) is 15.0. The monoisotopic (exact) mass is 289 g/mol. The number of methoxy groups -OCH3 is 1. The third-order valence-corrected chi connectivity index (χ3v) is 2.80. The highest BCUT2D eigenvalue weighted by Crippen LogP contribution is 2.35. The number of carbonyl (C=O) groups excluding carboxylic acids is 1. The van der Waals surface area contributed by atoms with Gasteiger partial charge in [-0.3, -0.25) is 0 Å². The van der Waals surface area contributed by atoms with Gasteiger partial charge in [0.15, 0.2) is 0 Å². The van der Waals surface area contributed by atoms with E-state index in [1.165, 1.54) is 18.2 Å². The second-order valence-electron chi connectivity index (χ2n) is 3.69. The average molecular weight is 290 g/mol. The number of alkyl halides is 3. The highest BCUT2D eigenvalue weighted by Gasteiger charge is 2.33. The predicted octanol–water partition coefficient (Wildman–Crippen LogP) is 3.69. The number of ether oxygens (including phenoxy) is 1. The lowest BCUT2D eigenvalue weighted by Gasteiger charge is -2.11. The number of aromatic nitrogens is 1. The van der Waals surface area contributed by atoms with E-state index < -0.39 is 17.7 Å². The lowest BCUT2D eigenvalue weighted by atomic mass is 10.1. The quantitative estimate of drug-likeness (QED) is 0.593. The van der Waals surface area contributed by atoms with Gasteiger partial charge in [0.05, 0.1) is 23.8 Å². The van der Waals surface area contributed by atoms with Crippen LogP contribution >= 0.6 is 11.6 Å². The van der Waals surface area contributed by atoms with Crippen molar-refractivity contribution in [2.45, 2.75) is 6.18 Å². The summed E-state index contributed by atoms with van der Waals surface area (Å²) < 4.78 is 42.9. The molecule has 0 saturated heterocycles. The number of para-hydroxylation sites is 1. The number of rotatable bonds is 1. The van der Waals surface area contributed by atoms with Crippen LogP contribution in [0.15, 0.2) is 24.3 Å². The van der Waals surface area contributed by atoms with Gasteiger partial charge in [-0.25, -0.2) is 9.78 Å². The predicted molar refractivity (Wildman–Crippen MR) is 63.1 cm³/mol. The molecule has 1 heterocycles. The fourth-order valence-corrected chi connectivity index (χ4v) is 1.87. The third-order valence-electron chi connectivity index (χ3n) is 2.51. The maximum absolute atomic E-state index is 12.8. The first kappa shape index (κ1) is 13.6. The van der Waals surface area contributed by atoms with Crippen LogP contribution in [0.25, 0.3) is 10.9 Å². The standard InChI is InChI=1S/C12H7ClF3NO2/c1-19-11(18)7-5-6-3-2-4-8(12(14,15)16)9(6)17-10(7)13/h2-5H,1H3. The van der Waals surface area contributed by atoms with Crippen molar-refractivity contribution < 1.29 is 22.7 Å². The minimum atomic E-state index is -4.54. The molecule has 0 spiro atoms. The first-order valence-corrected chi connectivity index (χ1v) is 5.47. The number of hydrogen-bond donors (Lipinski definition) is 0. The summed E-state index contributed by atoms with van der Waals surface area (Å²) in [5.41, 5.74) is -1.27. The van der Waals surface area contributed by atoms with Crippen LogP contribution in [-0.4, -0.2) is 18.1 Å². The third kappa shape index (κ3) is 2.49. The molecule has 0 saturated carbocycles. The summed E-state index contributed by atoms with van der Waals surface area (Å²) in [6.45, 7) is 0. The normalized spacial score (nSPS) is 11.6. The van der Waals surface area contributed by atoms with Crippen molar-refractivity contribution in [1.29, 1.82) is 0 Å². The zero-order valence-electron chi connectivity index (χ0n) is 9.58. The second-order valence-corrected chi connectivity index (χ2v) is 4.05. The molecule has 2 aromatic rings. The number of esters is 1. The van der Waals surface area contributed by atoms with Gasteiger partial charge in [0.2, 0.25) is 0 Å². The molecule has 19 heavy (non-hydrogen) atoms. The number of halogens is 4. The molecule has 0 amide bonds. The minimum Gasteiger partial charge on any atom is -0.465 e. The van der Waals surface area contributed by atoms with E-state index in [1.54, 1.807) is 0 Å². The highest BCUT2D eigenvalue weighted by molar-refractivity contribution is 6.33. The summed E-state index contributed by atoms with van der Waals surface area (Å²) in [6, 6.07) is 4.79. The molecular formula is C12H7ClF3NO2. The van der Waals surface area contributed by atoms with Crippen LogP contribution < -0.4 is 0 Å². The van der Waals surface area contributed by atoms with E-state index in [-0.39, 0.29) is 21.6 Å². The fourth-order valence-electron chi connectivity index (χ4n) is 1.66. The van der Waals surface area contributed by atoms with Crippen molar-refractivity contribution in [2.75, 3.05) is 7.11 Å². The Labute approximate surface area is 111 Å². The molecule has 0 fully saturated rings. The Kier molecular flexibility index (Phi) is 3.36. The van der Waals surface area contributed by atoms with Crippen LogP contribution in [0.5, 0.6) is 0 Å². The Morgan fingerprint density at radius 1 is 1.37 bits per heavy atom. The van der Waals surface area contributed by atoms with E-state index >= 15 is 0 Å². The van der Waals surface area contributed by atoms with Gasteiger partial charge in [-0.2, -0.15) is 13.2 Å². The van der Waals surface area contributed by atoms with Crippen molar-refractivity contribution in [3.63, 3.8) is 0 Å². The lowest BCUT2D eigenvalue weighted by molar-refractivity contribution is -0.136. The molecular weight excluding hydrogens is 283 g/mol. The SMILES string of the molecule is COC(=O)c1cc2cccc(C(F)(F)F)c2nc1Cl. The Hall–Kier alpha value is -1.82. The maximum Gasteiger partial charge on any atom is 0.418 e. The van der Waals surface area contributed by atoms with Crippen molar-refractivity contribution >= 4 is 28.5 Å². The minimum absolute atomic E-state index is 0.0732. The smallest absolute Gasteiger partial charge is 0.418 e. The van der Waals surface area contributed by atoms with Crippen molar-refractivity contribution in [3.8, 4) is 0 Å². The number of fused-ring (bicyclic) bond motifs is 1. The molecule has 1 aromatic heterocycles. The first-order valence-electron chi connectivity index (χ1n) is 5.09. The molecule has 0 bridgehead atoms. The zero-order valence-corrected chi connectivity index (χ0v) is 10.3. The van der Waals surface area contributed by atoms with Gasteiger partial charge in [-0.1, -0.05) is 23.7 Å². The molecule has 0 aliphatic carbocycles. The molecule has 0 N–H and O–H groups in total. The van der Waals surface area contributed by atoms with Crippen LogP contribution in [0.2, 0.25) is 5.15 Å². The summed E-state index contributed by atoms with van der Waals surface area (Å²) in [5.74, 6) is -0.753. The van der Waals surface area contributed by atoms with Crippen LogP contribution in [0, 0.1) is 0 Å². The lowest BCUT2D eigenvalue weighted by Crippen LogP contribution is -2.08. The van der Waals surface area contributed by atoms with E-state index in [9.17, 15) is 18.0 Å². The van der Waals surface area contributed by atoms with Crippen LogP contribution in [0.1, 0.15) is 15.9 Å². The van der Waals surface area contributed by atoms with Crippen LogP contribution in [0.3, 0.4) is 0 Å². The van der Waals surface area contributed by atoms with Gasteiger partial charge in [0, 0.05) is 5.39 Å². The number of carbonyl (C=O) groups is 1. The molecule has 0 radical (unpaired) electrons. The molecule has 0 unspecified atom stereocenters. The topological polar surface area (TPSA) is 39.2 Å². The van der Waals surface area contributed by atoms with E-state index in [0.717, 1.165) is 13.2 Å². The van der Waals surface area contributed by atoms with Crippen LogP contribution in [-0.2, 0) is 10.9 Å². The Balaban J connectivity index is 2.74. The number of pyridine rings is 1. The van der Waals surface area contributed by atoms with E-state index in [4.69, 9.17) is 11.6 Å². The largest absolute Gasteiger partial charge is 0.465 e. The zero-order chi connectivity index (χ0) is 14.2. The Bertz CT molecular complexity index is 655. The first-order chi connectivity index (χ1) is 8.84. The van der Waals surface area contributed by atoms with Gasteiger partial charge < -0.3 is 4.74 Å². The Morgan fingerprint density at radius 3 is 2.63 bits per heavy atom. The van der Waals surface area contributed by atoms with Crippen LogP contribution in [0.4, 0.5) is 13.2 Å².